The Hall–Kier alpha value is -1.00. The predicted octanol–water partition coefficient (Wildman–Crippen LogP) is 2.80. The molecule has 1 aromatic heterocycles. The first-order chi connectivity index (χ1) is 8.53. The lowest BCUT2D eigenvalue weighted by atomic mass is 10.2. The van der Waals surface area contributed by atoms with Gasteiger partial charge in [-0.3, -0.25) is 4.68 Å². The number of thioether (sulfide) groups is 1. The number of aryl methyl sites for hydroxylation is 1. The van der Waals surface area contributed by atoms with Crippen LogP contribution >= 0.6 is 11.8 Å². The molecule has 2 rings (SSSR count). The van der Waals surface area contributed by atoms with Crippen LogP contribution in [0.15, 0.2) is 24.3 Å². The molecule has 0 aliphatic carbocycles. The fraction of sp³-hybridized carbons (Fsp3) is 0.500. The van der Waals surface area contributed by atoms with Crippen LogP contribution in [0.3, 0.4) is 0 Å². The van der Waals surface area contributed by atoms with Crippen molar-refractivity contribution in [2.24, 2.45) is 7.05 Å². The van der Waals surface area contributed by atoms with Gasteiger partial charge in [-0.25, -0.2) is 0 Å². The number of para-hydroxylation sites is 1. The highest BCUT2D eigenvalue weighted by Crippen LogP contribution is 2.21. The Morgan fingerprint density at radius 2 is 2.06 bits per heavy atom. The largest absolute Gasteiger partial charge is 0.310 e. The molecule has 98 valence electrons. The molecular formula is C14H21N3S. The highest BCUT2D eigenvalue weighted by Gasteiger charge is 2.15. The van der Waals surface area contributed by atoms with Crippen molar-refractivity contribution >= 4 is 22.7 Å². The van der Waals surface area contributed by atoms with Crippen molar-refractivity contribution in [2.45, 2.75) is 25.1 Å². The van der Waals surface area contributed by atoms with E-state index in [-0.39, 0.29) is 4.75 Å². The van der Waals surface area contributed by atoms with Crippen LogP contribution in [0.5, 0.6) is 0 Å². The number of nitrogens with one attached hydrogen (secondary N) is 1. The molecule has 4 heteroatoms. The number of fused-ring (bicyclic) bond motifs is 1. The van der Waals surface area contributed by atoms with E-state index in [0.717, 1.165) is 18.8 Å². The number of rotatable bonds is 5. The molecule has 0 atom stereocenters. The van der Waals surface area contributed by atoms with Crippen molar-refractivity contribution in [2.75, 3.05) is 12.8 Å². The topological polar surface area (TPSA) is 29.9 Å². The van der Waals surface area contributed by atoms with Crippen LogP contribution in [0.1, 0.15) is 19.5 Å². The van der Waals surface area contributed by atoms with E-state index in [1.54, 1.807) is 0 Å². The Morgan fingerprint density at radius 3 is 2.78 bits per heavy atom. The smallest absolute Gasteiger partial charge is 0.0841 e. The molecule has 1 aromatic carbocycles. The Labute approximate surface area is 113 Å². The average molecular weight is 263 g/mol. The van der Waals surface area contributed by atoms with E-state index < -0.39 is 0 Å². The van der Waals surface area contributed by atoms with E-state index >= 15 is 0 Å². The predicted molar refractivity (Wildman–Crippen MR) is 80.0 cm³/mol. The van der Waals surface area contributed by atoms with E-state index in [1.165, 1.54) is 10.9 Å². The molecule has 3 nitrogen and oxygen atoms in total. The lowest BCUT2D eigenvalue weighted by Gasteiger charge is -2.22. The average Bonchev–Trinajstić information content (AvgIpc) is 2.67. The summed E-state index contributed by atoms with van der Waals surface area (Å²) in [5, 5.41) is 9.33. The first-order valence-corrected chi connectivity index (χ1v) is 7.42. The fourth-order valence-electron chi connectivity index (χ4n) is 1.97. The van der Waals surface area contributed by atoms with Crippen LogP contribution in [0, 0.1) is 0 Å². The summed E-state index contributed by atoms with van der Waals surface area (Å²) in [6.45, 7) is 6.31. The maximum atomic E-state index is 4.58. The third-order valence-corrected chi connectivity index (χ3v) is 4.48. The van der Waals surface area contributed by atoms with Crippen molar-refractivity contribution in [1.82, 2.24) is 15.1 Å². The summed E-state index contributed by atoms with van der Waals surface area (Å²) in [6, 6.07) is 8.37. The first-order valence-electron chi connectivity index (χ1n) is 6.20. The van der Waals surface area contributed by atoms with Gasteiger partial charge in [-0.15, -0.1) is 0 Å². The van der Waals surface area contributed by atoms with Gasteiger partial charge in [-0.05, 0) is 26.2 Å². The highest BCUT2D eigenvalue weighted by atomic mass is 32.2. The maximum Gasteiger partial charge on any atom is 0.0841 e. The summed E-state index contributed by atoms with van der Waals surface area (Å²) < 4.78 is 2.22. The lowest BCUT2D eigenvalue weighted by molar-refractivity contribution is 0.581. The zero-order valence-corrected chi connectivity index (χ0v) is 12.3. The zero-order valence-electron chi connectivity index (χ0n) is 11.5. The van der Waals surface area contributed by atoms with Gasteiger partial charge < -0.3 is 5.32 Å². The van der Waals surface area contributed by atoms with Gasteiger partial charge in [0.15, 0.2) is 0 Å². The number of hydrogen-bond donors (Lipinski definition) is 1. The quantitative estimate of drug-likeness (QED) is 0.899. The molecule has 0 radical (unpaired) electrons. The van der Waals surface area contributed by atoms with E-state index in [4.69, 9.17) is 0 Å². The zero-order chi connectivity index (χ0) is 13.2. The van der Waals surface area contributed by atoms with E-state index in [2.05, 4.69) is 54.8 Å². The summed E-state index contributed by atoms with van der Waals surface area (Å²) in [7, 11) is 2.00. The molecule has 0 amide bonds. The molecule has 0 bridgehead atoms. The van der Waals surface area contributed by atoms with E-state index in [1.807, 2.05) is 23.5 Å². The second-order valence-corrected chi connectivity index (χ2v) is 6.67. The molecular weight excluding hydrogens is 242 g/mol. The minimum Gasteiger partial charge on any atom is -0.310 e. The van der Waals surface area contributed by atoms with Crippen LogP contribution < -0.4 is 5.32 Å². The van der Waals surface area contributed by atoms with Gasteiger partial charge in [0.25, 0.3) is 0 Å². The molecule has 0 unspecified atom stereocenters. The normalized spacial score (nSPS) is 12.2. The van der Waals surface area contributed by atoms with Gasteiger partial charge in [0.2, 0.25) is 0 Å². The second-order valence-electron chi connectivity index (χ2n) is 5.15. The van der Waals surface area contributed by atoms with Crippen molar-refractivity contribution in [3.05, 3.63) is 30.0 Å². The molecule has 1 heterocycles. The van der Waals surface area contributed by atoms with Crippen LogP contribution in [-0.2, 0) is 13.6 Å². The molecule has 0 spiro atoms. The third-order valence-electron chi connectivity index (χ3n) is 3.23. The third kappa shape index (κ3) is 2.87. The molecule has 0 aliphatic rings. The molecule has 0 saturated carbocycles. The summed E-state index contributed by atoms with van der Waals surface area (Å²) in [4.78, 5) is 0. The Balaban J connectivity index is 2.09. The van der Waals surface area contributed by atoms with Crippen molar-refractivity contribution in [1.29, 1.82) is 0 Å². The SMILES string of the molecule is CSC(C)(C)CNCc1nn(C)c2ccccc12. The minimum atomic E-state index is 0.268. The Morgan fingerprint density at radius 1 is 1.33 bits per heavy atom. The van der Waals surface area contributed by atoms with E-state index in [9.17, 15) is 0 Å². The molecule has 0 fully saturated rings. The van der Waals surface area contributed by atoms with Crippen LogP contribution in [0.4, 0.5) is 0 Å². The van der Waals surface area contributed by atoms with Crippen molar-refractivity contribution in [3.63, 3.8) is 0 Å². The summed E-state index contributed by atoms with van der Waals surface area (Å²) in [5.74, 6) is 0. The number of benzene rings is 1. The lowest BCUT2D eigenvalue weighted by Crippen LogP contribution is -2.31. The van der Waals surface area contributed by atoms with Crippen LogP contribution in [-0.4, -0.2) is 27.3 Å². The van der Waals surface area contributed by atoms with Crippen molar-refractivity contribution < 1.29 is 0 Å². The summed E-state index contributed by atoms with van der Waals surface area (Å²) in [5.41, 5.74) is 2.32. The van der Waals surface area contributed by atoms with Crippen molar-refractivity contribution in [3.8, 4) is 0 Å². The van der Waals surface area contributed by atoms with Gasteiger partial charge in [0.1, 0.15) is 0 Å². The van der Waals surface area contributed by atoms with Gasteiger partial charge in [0, 0.05) is 30.3 Å². The van der Waals surface area contributed by atoms with E-state index in [0.29, 0.717) is 0 Å². The molecule has 2 aromatic rings. The number of aromatic nitrogens is 2. The monoisotopic (exact) mass is 263 g/mol. The molecule has 0 saturated heterocycles. The number of hydrogen-bond acceptors (Lipinski definition) is 3. The van der Waals surface area contributed by atoms with Crippen LogP contribution in [0.25, 0.3) is 10.9 Å². The Kier molecular flexibility index (Phi) is 3.97. The summed E-state index contributed by atoms with van der Waals surface area (Å²) >= 11 is 1.88. The standard InChI is InChI=1S/C14H21N3S/c1-14(2,18-4)10-15-9-12-11-7-5-6-8-13(11)17(3)16-12/h5-8,15H,9-10H2,1-4H3. The summed E-state index contributed by atoms with van der Waals surface area (Å²) in [6.07, 6.45) is 2.15. The Bertz CT molecular complexity index is 531. The van der Waals surface area contributed by atoms with Gasteiger partial charge in [-0.1, -0.05) is 18.2 Å². The molecule has 18 heavy (non-hydrogen) atoms. The van der Waals surface area contributed by atoms with Gasteiger partial charge >= 0.3 is 0 Å². The van der Waals surface area contributed by atoms with Crippen LogP contribution in [0.2, 0.25) is 0 Å². The maximum absolute atomic E-state index is 4.58. The number of nitrogens with zero attached hydrogens (tertiary/aromatic N) is 2. The molecule has 1 N–H and O–H groups in total. The second kappa shape index (κ2) is 5.33. The fourth-order valence-corrected chi connectivity index (χ4v) is 2.22. The van der Waals surface area contributed by atoms with Gasteiger partial charge in [0.05, 0.1) is 11.2 Å². The first kappa shape index (κ1) is 13.4. The molecule has 0 aliphatic heterocycles. The minimum absolute atomic E-state index is 0.268. The highest BCUT2D eigenvalue weighted by molar-refractivity contribution is 7.99. The van der Waals surface area contributed by atoms with Gasteiger partial charge in [-0.2, -0.15) is 16.9 Å².